The van der Waals surface area contributed by atoms with Crippen LogP contribution in [0.1, 0.15) is 10.9 Å². The highest BCUT2D eigenvalue weighted by molar-refractivity contribution is 7.09. The van der Waals surface area contributed by atoms with Crippen molar-refractivity contribution in [2.24, 2.45) is 0 Å². The molecule has 2 heterocycles. The van der Waals surface area contributed by atoms with Crippen molar-refractivity contribution in [2.75, 3.05) is 6.54 Å². The molecule has 2 aromatic rings. The lowest BCUT2D eigenvalue weighted by Gasteiger charge is -1.98. The SMILES string of the molecule is c1noc(CCNCc2nccs2)n1. The van der Waals surface area contributed by atoms with E-state index in [-0.39, 0.29) is 0 Å². The fraction of sp³-hybridized carbons (Fsp3) is 0.375. The Kier molecular flexibility index (Phi) is 3.20. The van der Waals surface area contributed by atoms with Gasteiger partial charge in [-0.25, -0.2) is 4.98 Å². The molecule has 0 atom stereocenters. The molecule has 1 N–H and O–H groups in total. The van der Waals surface area contributed by atoms with E-state index in [1.807, 2.05) is 5.38 Å². The first-order valence-electron chi connectivity index (χ1n) is 4.30. The van der Waals surface area contributed by atoms with E-state index < -0.39 is 0 Å². The van der Waals surface area contributed by atoms with E-state index in [1.54, 1.807) is 17.5 Å². The number of hydrogen-bond donors (Lipinski definition) is 1. The van der Waals surface area contributed by atoms with Gasteiger partial charge in [0.05, 0.1) is 0 Å². The lowest BCUT2D eigenvalue weighted by atomic mass is 10.4. The molecule has 0 saturated heterocycles. The van der Waals surface area contributed by atoms with E-state index in [0.29, 0.717) is 5.89 Å². The van der Waals surface area contributed by atoms with E-state index in [0.717, 1.165) is 24.5 Å². The van der Waals surface area contributed by atoms with E-state index in [4.69, 9.17) is 4.52 Å². The second-order valence-electron chi connectivity index (χ2n) is 2.69. The molecule has 0 aliphatic carbocycles. The van der Waals surface area contributed by atoms with Crippen LogP contribution in [0.2, 0.25) is 0 Å². The van der Waals surface area contributed by atoms with Gasteiger partial charge in [0.25, 0.3) is 0 Å². The van der Waals surface area contributed by atoms with Gasteiger partial charge in [-0.2, -0.15) is 4.98 Å². The van der Waals surface area contributed by atoms with E-state index in [9.17, 15) is 0 Å². The fourth-order valence-electron chi connectivity index (χ4n) is 1.04. The lowest BCUT2D eigenvalue weighted by molar-refractivity contribution is 0.375. The van der Waals surface area contributed by atoms with Gasteiger partial charge in [0.2, 0.25) is 5.89 Å². The minimum absolute atomic E-state index is 0.664. The zero-order valence-electron chi connectivity index (χ0n) is 7.51. The third-order valence-electron chi connectivity index (χ3n) is 1.68. The summed E-state index contributed by atoms with van der Waals surface area (Å²) < 4.78 is 4.86. The highest BCUT2D eigenvalue weighted by atomic mass is 32.1. The van der Waals surface area contributed by atoms with E-state index in [2.05, 4.69) is 20.4 Å². The first-order chi connectivity index (χ1) is 6.95. The second kappa shape index (κ2) is 4.83. The predicted octanol–water partition coefficient (Wildman–Crippen LogP) is 0.858. The van der Waals surface area contributed by atoms with Crippen molar-refractivity contribution in [3.8, 4) is 0 Å². The van der Waals surface area contributed by atoms with Crippen molar-refractivity contribution >= 4 is 11.3 Å². The summed E-state index contributed by atoms with van der Waals surface area (Å²) in [6.07, 6.45) is 3.97. The molecule has 0 aliphatic heterocycles. The molecule has 0 radical (unpaired) electrons. The number of nitrogens with zero attached hydrogens (tertiary/aromatic N) is 3. The molecule has 0 unspecified atom stereocenters. The Morgan fingerprint density at radius 1 is 1.43 bits per heavy atom. The van der Waals surface area contributed by atoms with Crippen molar-refractivity contribution < 1.29 is 4.52 Å². The monoisotopic (exact) mass is 210 g/mol. The number of hydrogen-bond acceptors (Lipinski definition) is 6. The molecule has 14 heavy (non-hydrogen) atoms. The van der Waals surface area contributed by atoms with Crippen LogP contribution in [0.5, 0.6) is 0 Å². The van der Waals surface area contributed by atoms with Crippen LogP contribution >= 0.6 is 11.3 Å². The Morgan fingerprint density at radius 2 is 2.43 bits per heavy atom. The third kappa shape index (κ3) is 2.61. The van der Waals surface area contributed by atoms with Crippen LogP contribution < -0.4 is 5.32 Å². The van der Waals surface area contributed by atoms with Crippen LogP contribution in [0.4, 0.5) is 0 Å². The molecule has 0 aliphatic rings. The zero-order chi connectivity index (χ0) is 9.64. The van der Waals surface area contributed by atoms with Gasteiger partial charge in [0.1, 0.15) is 5.01 Å². The molecule has 6 heteroatoms. The Hall–Kier alpha value is -1.27. The van der Waals surface area contributed by atoms with E-state index >= 15 is 0 Å². The first kappa shape index (κ1) is 9.29. The van der Waals surface area contributed by atoms with Gasteiger partial charge in [0, 0.05) is 31.1 Å². The molecule has 5 nitrogen and oxygen atoms in total. The highest BCUT2D eigenvalue weighted by Gasteiger charge is 1.98. The molecule has 0 fully saturated rings. The maximum atomic E-state index is 4.86. The minimum Gasteiger partial charge on any atom is -0.340 e. The molecular formula is C8H10N4OS. The standard InChI is InChI=1S/C8H10N4OS/c1(7-11-6-12-13-7)2-9-5-8-10-3-4-14-8/h3-4,6,9H,1-2,5H2. The zero-order valence-corrected chi connectivity index (χ0v) is 8.33. The molecule has 0 bridgehead atoms. The number of rotatable bonds is 5. The summed E-state index contributed by atoms with van der Waals surface area (Å²) in [5, 5.41) is 9.83. The number of thiazole rings is 1. The molecule has 0 spiro atoms. The summed E-state index contributed by atoms with van der Waals surface area (Å²) >= 11 is 1.65. The van der Waals surface area contributed by atoms with Crippen LogP contribution in [-0.2, 0) is 13.0 Å². The lowest BCUT2D eigenvalue weighted by Crippen LogP contribution is -2.16. The van der Waals surface area contributed by atoms with E-state index in [1.165, 1.54) is 6.33 Å². The molecule has 0 amide bonds. The quantitative estimate of drug-likeness (QED) is 0.741. The number of nitrogens with one attached hydrogen (secondary N) is 1. The average molecular weight is 210 g/mol. The molecule has 0 aromatic carbocycles. The molecule has 74 valence electrons. The summed E-state index contributed by atoms with van der Waals surface area (Å²) in [6.45, 7) is 1.62. The summed E-state index contributed by atoms with van der Waals surface area (Å²) in [7, 11) is 0. The normalized spacial score (nSPS) is 10.6. The Labute approximate surface area is 85.2 Å². The van der Waals surface area contributed by atoms with Crippen LogP contribution in [0.3, 0.4) is 0 Å². The largest absolute Gasteiger partial charge is 0.340 e. The maximum Gasteiger partial charge on any atom is 0.227 e. The molecule has 2 rings (SSSR count). The van der Waals surface area contributed by atoms with Gasteiger partial charge in [-0.1, -0.05) is 5.16 Å². The fourth-order valence-corrected chi connectivity index (χ4v) is 1.62. The van der Waals surface area contributed by atoms with Crippen LogP contribution in [0.15, 0.2) is 22.4 Å². The molecule has 2 aromatic heterocycles. The smallest absolute Gasteiger partial charge is 0.227 e. The maximum absolute atomic E-state index is 4.86. The summed E-state index contributed by atoms with van der Waals surface area (Å²) in [5.41, 5.74) is 0. The van der Waals surface area contributed by atoms with Crippen molar-refractivity contribution in [1.82, 2.24) is 20.4 Å². The summed E-state index contributed by atoms with van der Waals surface area (Å²) in [6, 6.07) is 0. The van der Waals surface area contributed by atoms with Crippen molar-refractivity contribution in [1.29, 1.82) is 0 Å². The topological polar surface area (TPSA) is 63.8 Å². The summed E-state index contributed by atoms with van der Waals surface area (Å²) in [4.78, 5) is 8.08. The van der Waals surface area contributed by atoms with Crippen LogP contribution in [0.25, 0.3) is 0 Å². The second-order valence-corrected chi connectivity index (χ2v) is 3.67. The Bertz CT molecular complexity index is 309. The Morgan fingerprint density at radius 3 is 3.14 bits per heavy atom. The highest BCUT2D eigenvalue weighted by Crippen LogP contribution is 2.02. The predicted molar refractivity (Wildman–Crippen MR) is 51.8 cm³/mol. The van der Waals surface area contributed by atoms with Crippen LogP contribution in [-0.4, -0.2) is 21.7 Å². The van der Waals surface area contributed by atoms with Gasteiger partial charge in [-0.15, -0.1) is 11.3 Å². The summed E-state index contributed by atoms with van der Waals surface area (Å²) in [5.74, 6) is 0.664. The first-order valence-corrected chi connectivity index (χ1v) is 5.18. The third-order valence-corrected chi connectivity index (χ3v) is 2.46. The van der Waals surface area contributed by atoms with Crippen molar-refractivity contribution in [3.05, 3.63) is 28.8 Å². The average Bonchev–Trinajstić information content (AvgIpc) is 2.86. The molecular weight excluding hydrogens is 200 g/mol. The number of aromatic nitrogens is 3. The molecule has 0 saturated carbocycles. The van der Waals surface area contributed by atoms with Gasteiger partial charge in [-0.05, 0) is 0 Å². The van der Waals surface area contributed by atoms with Crippen LogP contribution in [0, 0.1) is 0 Å². The van der Waals surface area contributed by atoms with Crippen molar-refractivity contribution in [2.45, 2.75) is 13.0 Å². The Balaban J connectivity index is 1.65. The minimum atomic E-state index is 0.664. The van der Waals surface area contributed by atoms with Gasteiger partial charge in [-0.3, -0.25) is 0 Å². The van der Waals surface area contributed by atoms with Gasteiger partial charge in [0.15, 0.2) is 6.33 Å². The van der Waals surface area contributed by atoms with Gasteiger partial charge >= 0.3 is 0 Å². The van der Waals surface area contributed by atoms with Gasteiger partial charge < -0.3 is 9.84 Å². The van der Waals surface area contributed by atoms with Crippen molar-refractivity contribution in [3.63, 3.8) is 0 Å².